The summed E-state index contributed by atoms with van der Waals surface area (Å²) in [6.07, 6.45) is 4.86. The number of benzene rings is 1. The van der Waals surface area contributed by atoms with E-state index >= 15 is 4.39 Å². The molecule has 2 aliphatic heterocycles. The van der Waals surface area contributed by atoms with Crippen molar-refractivity contribution >= 4 is 34.1 Å². The summed E-state index contributed by atoms with van der Waals surface area (Å²) in [6.45, 7) is 1.70. The van der Waals surface area contributed by atoms with E-state index in [4.69, 9.17) is 21.3 Å². The average Bonchev–Trinajstić information content (AvgIpc) is 3.45. The smallest absolute Gasteiger partial charge is 0.227 e. The minimum atomic E-state index is -1.09. The fourth-order valence-electron chi connectivity index (χ4n) is 5.38. The molecule has 3 aromatic rings. The molecule has 0 bridgehead atoms. The lowest BCUT2D eigenvalue weighted by molar-refractivity contribution is 0.0353. The summed E-state index contributed by atoms with van der Waals surface area (Å²) >= 11 is 6.60. The van der Waals surface area contributed by atoms with E-state index in [0.29, 0.717) is 43.1 Å². The number of aliphatic hydroxyl groups excluding tert-OH is 1. The maximum atomic E-state index is 15.4. The van der Waals surface area contributed by atoms with Crippen molar-refractivity contribution in [3.05, 3.63) is 40.8 Å². The molecule has 10 heteroatoms. The third-order valence-electron chi connectivity index (χ3n) is 7.36. The fourth-order valence-corrected chi connectivity index (χ4v) is 5.69. The average molecular weight is 487 g/mol. The Bertz CT molecular complexity index is 1220. The molecule has 2 saturated heterocycles. The van der Waals surface area contributed by atoms with Crippen LogP contribution in [0, 0.1) is 0 Å². The van der Waals surface area contributed by atoms with Crippen LogP contribution in [-0.2, 0) is 11.8 Å². The van der Waals surface area contributed by atoms with Crippen LogP contribution < -0.4 is 5.32 Å². The molecule has 34 heavy (non-hydrogen) atoms. The highest BCUT2D eigenvalue weighted by atomic mass is 35.5. The van der Waals surface area contributed by atoms with E-state index in [1.54, 1.807) is 6.20 Å². The number of hydrogen-bond donors (Lipinski definition) is 2. The zero-order valence-corrected chi connectivity index (χ0v) is 19.7. The normalized spacial score (nSPS) is 28.0. The molecule has 2 N–H and O–H groups in total. The molecule has 4 heterocycles. The second-order valence-corrected chi connectivity index (χ2v) is 10.1. The molecule has 1 saturated carbocycles. The predicted molar refractivity (Wildman–Crippen MR) is 127 cm³/mol. The predicted octanol–water partition coefficient (Wildman–Crippen LogP) is 3.52. The quantitative estimate of drug-likeness (QED) is 0.570. The number of nitrogens with zero attached hydrogens (tertiary/aromatic N) is 5. The molecule has 1 aliphatic carbocycles. The fraction of sp³-hybridized carbons (Fsp3) is 0.542. The van der Waals surface area contributed by atoms with E-state index in [0.717, 1.165) is 22.2 Å². The molecule has 4 atom stereocenters. The van der Waals surface area contributed by atoms with Gasteiger partial charge in [0.05, 0.1) is 48.5 Å². The van der Waals surface area contributed by atoms with Gasteiger partial charge in [0.25, 0.3) is 0 Å². The van der Waals surface area contributed by atoms with Crippen molar-refractivity contribution < 1.29 is 14.2 Å². The van der Waals surface area contributed by atoms with Gasteiger partial charge in [-0.1, -0.05) is 11.6 Å². The summed E-state index contributed by atoms with van der Waals surface area (Å²) in [7, 11) is 1.95. The van der Waals surface area contributed by atoms with Crippen molar-refractivity contribution in [2.75, 3.05) is 31.6 Å². The number of aliphatic hydroxyl groups is 1. The topological polar surface area (TPSA) is 88.3 Å². The summed E-state index contributed by atoms with van der Waals surface area (Å²) < 4.78 is 22.6. The number of ether oxygens (including phenoxy) is 1. The molecule has 180 valence electrons. The van der Waals surface area contributed by atoms with Gasteiger partial charge in [0.1, 0.15) is 6.17 Å². The number of anilines is 2. The van der Waals surface area contributed by atoms with Crippen LogP contribution >= 0.6 is 11.6 Å². The highest BCUT2D eigenvalue weighted by molar-refractivity contribution is 6.32. The first-order valence-electron chi connectivity index (χ1n) is 11.9. The number of rotatable bonds is 5. The van der Waals surface area contributed by atoms with E-state index in [9.17, 15) is 5.11 Å². The maximum absolute atomic E-state index is 15.4. The molecule has 8 nitrogen and oxygen atoms in total. The molecular weight excluding hydrogens is 459 g/mol. The van der Waals surface area contributed by atoms with Gasteiger partial charge < -0.3 is 15.2 Å². The molecule has 0 spiro atoms. The van der Waals surface area contributed by atoms with Gasteiger partial charge in [0.2, 0.25) is 5.95 Å². The summed E-state index contributed by atoms with van der Waals surface area (Å²) in [5.74, 6) is 0.696. The Labute approximate surface area is 202 Å². The Hall–Kier alpha value is -2.33. The van der Waals surface area contributed by atoms with Crippen LogP contribution in [0.25, 0.3) is 10.9 Å². The number of nitrogens with one attached hydrogen (secondary N) is 1. The van der Waals surface area contributed by atoms with Gasteiger partial charge in [-0.05, 0) is 43.5 Å². The Morgan fingerprint density at radius 3 is 2.79 bits per heavy atom. The molecule has 2 aromatic heterocycles. The summed E-state index contributed by atoms with van der Waals surface area (Å²) in [6, 6.07) is 3.58. The van der Waals surface area contributed by atoms with Crippen molar-refractivity contribution in [1.29, 1.82) is 0 Å². The van der Waals surface area contributed by atoms with Crippen molar-refractivity contribution in [3.63, 3.8) is 0 Å². The van der Waals surface area contributed by atoms with Crippen LogP contribution in [0.5, 0.6) is 0 Å². The molecule has 0 radical (unpaired) electrons. The zero-order valence-electron chi connectivity index (χ0n) is 19.0. The number of fused-ring (bicyclic) bond motifs is 1. The lowest BCUT2D eigenvalue weighted by Crippen LogP contribution is -2.50. The lowest BCUT2D eigenvalue weighted by Gasteiger charge is -2.39. The summed E-state index contributed by atoms with van der Waals surface area (Å²) in [5.41, 5.74) is 3.59. The first kappa shape index (κ1) is 22.2. The monoisotopic (exact) mass is 486 g/mol. The van der Waals surface area contributed by atoms with Crippen LogP contribution in [-0.4, -0.2) is 74.4 Å². The van der Waals surface area contributed by atoms with E-state index in [-0.39, 0.29) is 18.5 Å². The van der Waals surface area contributed by atoms with Crippen molar-refractivity contribution in [2.24, 2.45) is 7.05 Å². The first-order chi connectivity index (χ1) is 16.5. The molecule has 3 unspecified atom stereocenters. The maximum Gasteiger partial charge on any atom is 0.227 e. The molecule has 1 aromatic carbocycles. The largest absolute Gasteiger partial charge is 0.389 e. The zero-order chi connectivity index (χ0) is 23.4. The number of aromatic nitrogens is 4. The second-order valence-electron chi connectivity index (χ2n) is 9.67. The Morgan fingerprint density at radius 2 is 2.06 bits per heavy atom. The van der Waals surface area contributed by atoms with Crippen LogP contribution in [0.4, 0.5) is 16.0 Å². The van der Waals surface area contributed by atoms with Crippen LogP contribution in [0.15, 0.2) is 24.5 Å². The molecule has 3 aliphatic rings. The Kier molecular flexibility index (Phi) is 5.68. The first-order valence-corrected chi connectivity index (χ1v) is 12.2. The third kappa shape index (κ3) is 4.04. The van der Waals surface area contributed by atoms with Gasteiger partial charge in [-0.15, -0.1) is 0 Å². The van der Waals surface area contributed by atoms with Gasteiger partial charge in [-0.3, -0.25) is 9.58 Å². The standard InChI is InChI=1S/C24H28ClFN6O2/c1-31-23(13-2-3-13)20(9-28-31)30-24-27-8-14-6-17(25)16(7-19(14)29-24)15-4-5-32(10-18(15)26)21-11-34-12-22(21)33/h6-9,13,15,18,21-22,33H,2-5,10-12H2,1H3,(H,27,29,30)/t15?,18?,21?,22-/m1/s1. The van der Waals surface area contributed by atoms with Gasteiger partial charge >= 0.3 is 0 Å². The molecular formula is C24H28ClFN6O2. The highest BCUT2D eigenvalue weighted by Gasteiger charge is 2.39. The molecule has 3 fully saturated rings. The number of aryl methyl sites for hydroxylation is 1. The minimum absolute atomic E-state index is 0.138. The second kappa shape index (κ2) is 8.71. The number of alkyl halides is 1. The molecule has 6 rings (SSSR count). The summed E-state index contributed by atoms with van der Waals surface area (Å²) in [4.78, 5) is 11.2. The highest BCUT2D eigenvalue weighted by Crippen LogP contribution is 2.43. The number of hydrogen-bond acceptors (Lipinski definition) is 7. The minimum Gasteiger partial charge on any atom is -0.389 e. The van der Waals surface area contributed by atoms with Crippen LogP contribution in [0.2, 0.25) is 5.02 Å². The molecule has 0 amide bonds. The number of likely N-dealkylation sites (tertiary alicyclic amines) is 1. The van der Waals surface area contributed by atoms with E-state index in [2.05, 4.69) is 15.4 Å². The van der Waals surface area contributed by atoms with Crippen molar-refractivity contribution in [1.82, 2.24) is 24.6 Å². The number of piperidine rings is 1. The summed E-state index contributed by atoms with van der Waals surface area (Å²) in [5, 5.41) is 19.2. The van der Waals surface area contributed by atoms with Crippen molar-refractivity contribution in [3.8, 4) is 0 Å². The third-order valence-corrected chi connectivity index (χ3v) is 7.68. The van der Waals surface area contributed by atoms with E-state index < -0.39 is 12.3 Å². The van der Waals surface area contributed by atoms with E-state index in [1.165, 1.54) is 18.5 Å². The van der Waals surface area contributed by atoms with Gasteiger partial charge in [-0.2, -0.15) is 5.10 Å². The van der Waals surface area contributed by atoms with Gasteiger partial charge in [0.15, 0.2) is 0 Å². The van der Waals surface area contributed by atoms with Crippen LogP contribution in [0.1, 0.15) is 42.4 Å². The number of halogens is 2. The lowest BCUT2D eigenvalue weighted by atomic mass is 9.86. The Balaban J connectivity index is 1.24. The van der Waals surface area contributed by atoms with Gasteiger partial charge in [0, 0.05) is 42.0 Å². The van der Waals surface area contributed by atoms with Crippen molar-refractivity contribution in [2.45, 2.75) is 49.4 Å². The van der Waals surface area contributed by atoms with Gasteiger partial charge in [-0.25, -0.2) is 14.4 Å². The van der Waals surface area contributed by atoms with E-state index in [1.807, 2.05) is 35.0 Å². The van der Waals surface area contributed by atoms with Crippen LogP contribution in [0.3, 0.4) is 0 Å². The Morgan fingerprint density at radius 1 is 1.21 bits per heavy atom. The SMILES string of the molecule is Cn1ncc(Nc2ncc3cc(Cl)c(C4CCN(C5COC[C@H]5O)CC4F)cc3n2)c1C1CC1.